The number of hydrogen-bond acceptors (Lipinski definition) is 7. The number of methoxy groups -OCH3 is 1. The molecule has 0 bridgehead atoms. The third-order valence-electron chi connectivity index (χ3n) is 3.51. The normalized spacial score (nSPS) is 11.5. The predicted octanol–water partition coefficient (Wildman–Crippen LogP) is 1.43. The number of amides is 1. The Labute approximate surface area is 166 Å². The molecule has 0 unspecified atom stereocenters. The van der Waals surface area contributed by atoms with Gasteiger partial charge in [0.25, 0.3) is 5.91 Å². The topological polar surface area (TPSA) is 123 Å². The summed E-state index contributed by atoms with van der Waals surface area (Å²) in [5, 5.41) is 6.45. The molecule has 0 saturated carbocycles. The average Bonchev–Trinajstić information content (AvgIpc) is 3.04. The first-order valence-electron chi connectivity index (χ1n) is 8.19. The molecule has 0 aliphatic rings. The van der Waals surface area contributed by atoms with Gasteiger partial charge in [-0.3, -0.25) is 4.79 Å². The largest absolute Gasteiger partial charge is 0.383 e. The summed E-state index contributed by atoms with van der Waals surface area (Å²) < 4.78 is 37.3. The van der Waals surface area contributed by atoms with Gasteiger partial charge in [-0.05, 0) is 47.5 Å². The van der Waals surface area contributed by atoms with E-state index in [1.165, 1.54) is 25.3 Å². The number of nitrogens with zero attached hydrogens (tertiary/aromatic N) is 2. The van der Waals surface area contributed by atoms with Crippen molar-refractivity contribution < 1.29 is 22.5 Å². The molecule has 1 aromatic carbocycles. The average molecular weight is 461 g/mol. The number of aryl methyl sites for hydroxylation is 2. The first kappa shape index (κ1) is 21.5. The maximum absolute atomic E-state index is 12.4. The van der Waals surface area contributed by atoms with E-state index in [1.807, 2.05) is 0 Å². The zero-order valence-corrected chi connectivity index (χ0v) is 17.4. The summed E-state index contributed by atoms with van der Waals surface area (Å²) in [6, 6.07) is 4.28. The molecule has 2 N–H and O–H groups in total. The van der Waals surface area contributed by atoms with Gasteiger partial charge in [0.2, 0.25) is 15.9 Å². The molecule has 2 rings (SSSR count). The van der Waals surface area contributed by atoms with Crippen molar-refractivity contribution in [3.63, 3.8) is 0 Å². The number of aromatic nitrogens is 2. The molecule has 0 aliphatic heterocycles. The minimum atomic E-state index is -3.72. The third-order valence-corrected chi connectivity index (χ3v) is 5.66. The molecule has 0 saturated heterocycles. The van der Waals surface area contributed by atoms with Gasteiger partial charge >= 0.3 is 0 Å². The van der Waals surface area contributed by atoms with E-state index in [-0.39, 0.29) is 29.5 Å². The number of halogens is 1. The van der Waals surface area contributed by atoms with Crippen LogP contribution < -0.4 is 10.0 Å². The maximum Gasteiger partial charge on any atom is 0.252 e. The Bertz CT molecular complexity index is 885. The van der Waals surface area contributed by atoms with Crippen LogP contribution in [0.1, 0.15) is 28.5 Å². The molecule has 11 heteroatoms. The van der Waals surface area contributed by atoms with E-state index in [4.69, 9.17) is 9.26 Å². The predicted molar refractivity (Wildman–Crippen MR) is 101 cm³/mol. The second-order valence-electron chi connectivity index (χ2n) is 5.63. The Morgan fingerprint density at radius 2 is 2.11 bits per heavy atom. The summed E-state index contributed by atoms with van der Waals surface area (Å²) in [6.07, 6.45) is 1.15. The highest BCUT2D eigenvalue weighted by molar-refractivity contribution is 9.10. The number of nitrogens with one attached hydrogen (secondary N) is 2. The minimum Gasteiger partial charge on any atom is -0.383 e. The number of hydrogen-bond donors (Lipinski definition) is 2. The van der Waals surface area contributed by atoms with E-state index in [0.717, 1.165) is 0 Å². The molecule has 0 atom stereocenters. The van der Waals surface area contributed by atoms with Crippen molar-refractivity contribution in [3.05, 3.63) is 40.0 Å². The fourth-order valence-electron chi connectivity index (χ4n) is 2.19. The van der Waals surface area contributed by atoms with Gasteiger partial charge < -0.3 is 14.6 Å². The molecule has 9 nitrogen and oxygen atoms in total. The van der Waals surface area contributed by atoms with Crippen LogP contribution in [0.25, 0.3) is 0 Å². The fraction of sp³-hybridized carbons (Fsp3) is 0.438. The van der Waals surface area contributed by atoms with Crippen molar-refractivity contribution >= 4 is 31.9 Å². The molecule has 2 aromatic rings. The van der Waals surface area contributed by atoms with Crippen LogP contribution in [0, 0.1) is 6.92 Å². The van der Waals surface area contributed by atoms with Crippen LogP contribution in [0.2, 0.25) is 0 Å². The Morgan fingerprint density at radius 1 is 1.33 bits per heavy atom. The van der Waals surface area contributed by atoms with Crippen molar-refractivity contribution in [3.8, 4) is 0 Å². The maximum atomic E-state index is 12.4. The molecular formula is C16H21BrN4O5S. The number of sulfonamides is 1. The third kappa shape index (κ3) is 6.38. The molecule has 148 valence electrons. The Balaban J connectivity index is 1.96. The zero-order valence-electron chi connectivity index (χ0n) is 15.0. The molecular weight excluding hydrogens is 440 g/mol. The Hall–Kier alpha value is -1.82. The number of carbonyl (C=O) groups is 1. The van der Waals surface area contributed by atoms with E-state index in [9.17, 15) is 13.2 Å². The highest BCUT2D eigenvalue weighted by Gasteiger charge is 2.18. The lowest BCUT2D eigenvalue weighted by Gasteiger charge is -2.10. The minimum absolute atomic E-state index is 0.00767. The summed E-state index contributed by atoms with van der Waals surface area (Å²) in [5.41, 5.74) is 0.234. The standard InChI is InChI=1S/C16H21BrN4O5S/c1-11-20-15(26-21-11)4-3-7-18-16(22)13-10-12(5-6-14(13)17)27(23,24)19-8-9-25-2/h5-6,10,19H,3-4,7-9H2,1-2H3,(H,18,22). The molecule has 1 heterocycles. The number of benzene rings is 1. The van der Waals surface area contributed by atoms with Crippen molar-refractivity contribution in [2.45, 2.75) is 24.7 Å². The first-order valence-corrected chi connectivity index (χ1v) is 10.5. The van der Waals surface area contributed by atoms with E-state index >= 15 is 0 Å². The highest BCUT2D eigenvalue weighted by Crippen LogP contribution is 2.21. The summed E-state index contributed by atoms with van der Waals surface area (Å²) in [5.74, 6) is 0.700. The molecule has 0 fully saturated rings. The smallest absolute Gasteiger partial charge is 0.252 e. The lowest BCUT2D eigenvalue weighted by molar-refractivity contribution is 0.0952. The summed E-state index contributed by atoms with van der Waals surface area (Å²) >= 11 is 3.28. The Morgan fingerprint density at radius 3 is 2.78 bits per heavy atom. The van der Waals surface area contributed by atoms with Crippen LogP contribution >= 0.6 is 15.9 Å². The summed E-state index contributed by atoms with van der Waals surface area (Å²) in [4.78, 5) is 16.5. The van der Waals surface area contributed by atoms with Crippen LogP contribution in [0.4, 0.5) is 0 Å². The Kier molecular flexibility index (Phi) is 7.90. The van der Waals surface area contributed by atoms with Gasteiger partial charge in [0.1, 0.15) is 0 Å². The van der Waals surface area contributed by atoms with E-state index in [2.05, 4.69) is 36.1 Å². The lowest BCUT2D eigenvalue weighted by Crippen LogP contribution is -2.28. The quantitative estimate of drug-likeness (QED) is 0.513. The van der Waals surface area contributed by atoms with E-state index in [0.29, 0.717) is 35.6 Å². The van der Waals surface area contributed by atoms with Crippen LogP contribution in [0.15, 0.2) is 32.1 Å². The van der Waals surface area contributed by atoms with E-state index in [1.54, 1.807) is 6.92 Å². The van der Waals surface area contributed by atoms with E-state index < -0.39 is 10.0 Å². The van der Waals surface area contributed by atoms with Crippen LogP contribution in [0.3, 0.4) is 0 Å². The molecule has 1 aromatic heterocycles. The van der Waals surface area contributed by atoms with Gasteiger partial charge in [0.15, 0.2) is 5.82 Å². The summed E-state index contributed by atoms with van der Waals surface area (Å²) in [7, 11) is -2.24. The number of rotatable bonds is 10. The molecule has 27 heavy (non-hydrogen) atoms. The van der Waals surface area contributed by atoms with Crippen LogP contribution in [-0.4, -0.2) is 51.3 Å². The van der Waals surface area contributed by atoms with Crippen LogP contribution in [0.5, 0.6) is 0 Å². The van der Waals surface area contributed by atoms with Gasteiger partial charge in [0.05, 0.1) is 17.1 Å². The van der Waals surface area contributed by atoms with Crippen LogP contribution in [-0.2, 0) is 21.2 Å². The highest BCUT2D eigenvalue weighted by atomic mass is 79.9. The van der Waals surface area contributed by atoms with Crippen molar-refractivity contribution in [2.75, 3.05) is 26.8 Å². The van der Waals surface area contributed by atoms with Gasteiger partial charge in [-0.2, -0.15) is 4.98 Å². The molecule has 0 spiro atoms. The monoisotopic (exact) mass is 460 g/mol. The molecule has 0 radical (unpaired) electrons. The van der Waals surface area contributed by atoms with Gasteiger partial charge in [0, 0.05) is 31.1 Å². The second kappa shape index (κ2) is 9.93. The second-order valence-corrected chi connectivity index (χ2v) is 8.25. The first-order chi connectivity index (χ1) is 12.8. The molecule has 1 amide bonds. The van der Waals surface area contributed by atoms with Gasteiger partial charge in [-0.15, -0.1) is 0 Å². The van der Waals surface area contributed by atoms with Gasteiger partial charge in [-0.25, -0.2) is 13.1 Å². The van der Waals surface area contributed by atoms with Gasteiger partial charge in [-0.1, -0.05) is 5.16 Å². The SMILES string of the molecule is COCCNS(=O)(=O)c1ccc(Br)c(C(=O)NCCCc2nc(C)no2)c1. The lowest BCUT2D eigenvalue weighted by atomic mass is 10.2. The van der Waals surface area contributed by atoms with Crippen molar-refractivity contribution in [1.82, 2.24) is 20.2 Å². The molecule has 0 aliphatic carbocycles. The fourth-order valence-corrected chi connectivity index (χ4v) is 3.65. The zero-order chi connectivity index (χ0) is 19.9. The number of ether oxygens (including phenoxy) is 1. The number of carbonyl (C=O) groups excluding carboxylic acids is 1. The summed E-state index contributed by atoms with van der Waals surface area (Å²) in [6.45, 7) is 2.52. The van der Waals surface area contributed by atoms with Crippen molar-refractivity contribution in [1.29, 1.82) is 0 Å². The van der Waals surface area contributed by atoms with Crippen molar-refractivity contribution in [2.24, 2.45) is 0 Å².